The van der Waals surface area contributed by atoms with Gasteiger partial charge >= 0.3 is 5.97 Å². The number of carbonyl (C=O) groups excluding carboxylic acids is 1. The van der Waals surface area contributed by atoms with E-state index in [0.29, 0.717) is 13.0 Å². The maximum Gasteiger partial charge on any atom is 0.306 e. The molecular formula is C31H36N3O2+. The minimum Gasteiger partial charge on any atom is -0.466 e. The molecule has 36 heavy (non-hydrogen) atoms. The summed E-state index contributed by atoms with van der Waals surface area (Å²) in [5, 5.41) is 0. The van der Waals surface area contributed by atoms with E-state index in [2.05, 4.69) is 122 Å². The van der Waals surface area contributed by atoms with E-state index in [1.807, 2.05) is 6.92 Å². The summed E-state index contributed by atoms with van der Waals surface area (Å²) >= 11 is 0. The minimum absolute atomic E-state index is 0.136. The van der Waals surface area contributed by atoms with E-state index in [4.69, 9.17) is 4.74 Å². The standard InChI is InChI=1S/C31H36N3O2/c1-6-36-30(35)12-9-21-34-22-28(27-10-7-8-11-29(27)34)31(23-13-17-25(18-14-23)32(2)3)24-15-19-26(20-16-24)33(4)5/h7-8,10-11,13-20,22H,6,9,12,21H2,1-5H3/q+1. The van der Waals surface area contributed by atoms with Crippen LogP contribution in [-0.2, 0) is 9.53 Å². The number of para-hydroxylation sites is 1. The molecule has 0 bridgehead atoms. The number of hydrogen-bond acceptors (Lipinski definition) is 4. The van der Waals surface area contributed by atoms with Gasteiger partial charge in [-0.2, -0.15) is 4.58 Å². The zero-order valence-corrected chi connectivity index (χ0v) is 22.0. The van der Waals surface area contributed by atoms with Crippen LogP contribution in [0.2, 0.25) is 0 Å². The molecule has 4 rings (SSSR count). The fourth-order valence-electron chi connectivity index (χ4n) is 4.59. The van der Waals surface area contributed by atoms with Crippen LogP contribution in [0.25, 0.3) is 11.1 Å². The van der Waals surface area contributed by atoms with Crippen molar-refractivity contribution in [2.75, 3.05) is 51.1 Å². The summed E-state index contributed by atoms with van der Waals surface area (Å²) in [4.78, 5) is 16.1. The number of anilines is 2. The van der Waals surface area contributed by atoms with Crippen LogP contribution in [0.4, 0.5) is 17.1 Å². The number of hydrogen-bond donors (Lipinski definition) is 0. The number of nitrogens with zero attached hydrogens (tertiary/aromatic N) is 3. The van der Waals surface area contributed by atoms with Gasteiger partial charge in [-0.25, -0.2) is 0 Å². The summed E-state index contributed by atoms with van der Waals surface area (Å²) in [6.07, 6.45) is 3.40. The lowest BCUT2D eigenvalue weighted by molar-refractivity contribution is -0.432. The number of esters is 1. The van der Waals surface area contributed by atoms with Crippen molar-refractivity contribution in [1.82, 2.24) is 0 Å². The Morgan fingerprint density at radius 1 is 0.806 bits per heavy atom. The van der Waals surface area contributed by atoms with Crippen LogP contribution in [0, 0.1) is 0 Å². The van der Waals surface area contributed by atoms with Crippen molar-refractivity contribution in [2.24, 2.45) is 0 Å². The van der Waals surface area contributed by atoms with Gasteiger partial charge in [-0.15, -0.1) is 0 Å². The average Bonchev–Trinajstić information content (AvgIpc) is 3.23. The van der Waals surface area contributed by atoms with E-state index in [1.54, 1.807) is 0 Å². The van der Waals surface area contributed by atoms with Gasteiger partial charge in [0.25, 0.3) is 0 Å². The van der Waals surface area contributed by atoms with Crippen molar-refractivity contribution in [2.45, 2.75) is 19.8 Å². The van der Waals surface area contributed by atoms with Gasteiger partial charge in [0.1, 0.15) is 6.54 Å². The van der Waals surface area contributed by atoms with Gasteiger partial charge in [-0.1, -0.05) is 36.4 Å². The summed E-state index contributed by atoms with van der Waals surface area (Å²) in [5.74, 6) is -0.136. The molecule has 1 heterocycles. The smallest absolute Gasteiger partial charge is 0.306 e. The van der Waals surface area contributed by atoms with Gasteiger partial charge < -0.3 is 14.5 Å². The van der Waals surface area contributed by atoms with Gasteiger partial charge in [0.2, 0.25) is 5.69 Å². The second-order valence-electron chi connectivity index (χ2n) is 9.42. The second-order valence-corrected chi connectivity index (χ2v) is 9.42. The van der Waals surface area contributed by atoms with E-state index in [1.165, 1.54) is 44.9 Å². The largest absolute Gasteiger partial charge is 0.466 e. The number of ether oxygens (including phenoxy) is 1. The topological polar surface area (TPSA) is 35.8 Å². The molecule has 0 saturated heterocycles. The Hall–Kier alpha value is -3.86. The molecule has 0 aliphatic carbocycles. The quantitative estimate of drug-likeness (QED) is 0.283. The number of benzene rings is 3. The Bertz CT molecular complexity index is 1220. The van der Waals surface area contributed by atoms with Gasteiger partial charge in [0.05, 0.1) is 24.2 Å². The molecule has 3 aromatic carbocycles. The monoisotopic (exact) mass is 482 g/mol. The number of allylic oxidation sites excluding steroid dienone is 1. The normalized spacial score (nSPS) is 12.1. The maximum atomic E-state index is 11.9. The summed E-state index contributed by atoms with van der Waals surface area (Å²) in [6, 6.07) is 26.0. The van der Waals surface area contributed by atoms with Crippen molar-refractivity contribution >= 4 is 40.4 Å². The Labute approximate surface area is 214 Å². The highest BCUT2D eigenvalue weighted by atomic mass is 16.5. The molecule has 0 radical (unpaired) electrons. The molecule has 0 unspecified atom stereocenters. The molecule has 0 atom stereocenters. The van der Waals surface area contributed by atoms with Crippen molar-refractivity contribution < 1.29 is 14.1 Å². The second kappa shape index (κ2) is 11.3. The molecule has 0 amide bonds. The highest BCUT2D eigenvalue weighted by Gasteiger charge is 2.29. The molecule has 0 saturated carbocycles. The maximum absolute atomic E-state index is 11.9. The Morgan fingerprint density at radius 3 is 1.89 bits per heavy atom. The molecule has 0 aromatic heterocycles. The van der Waals surface area contributed by atoms with Crippen LogP contribution < -0.4 is 9.80 Å². The minimum atomic E-state index is -0.136. The number of fused-ring (bicyclic) bond motifs is 1. The molecule has 0 N–H and O–H groups in total. The SMILES string of the molecule is CCOC(=O)CCC[N+]1=CC(=C(c2ccc(N(C)C)cc2)c2ccc(N(C)C)cc2)c2ccccc21. The van der Waals surface area contributed by atoms with Crippen molar-refractivity contribution in [3.63, 3.8) is 0 Å². The van der Waals surface area contributed by atoms with E-state index in [-0.39, 0.29) is 5.97 Å². The first kappa shape index (κ1) is 25.2. The summed E-state index contributed by atoms with van der Waals surface area (Å²) in [5.41, 5.74) is 9.45. The van der Waals surface area contributed by atoms with Crippen molar-refractivity contribution in [3.05, 3.63) is 89.5 Å². The predicted molar refractivity (Wildman–Crippen MR) is 151 cm³/mol. The van der Waals surface area contributed by atoms with E-state index in [9.17, 15) is 4.79 Å². The third-order valence-corrected chi connectivity index (χ3v) is 6.49. The Kier molecular flexibility index (Phi) is 7.89. The van der Waals surface area contributed by atoms with Crippen LogP contribution in [0.5, 0.6) is 0 Å². The van der Waals surface area contributed by atoms with Crippen LogP contribution in [0.1, 0.15) is 36.5 Å². The highest BCUT2D eigenvalue weighted by molar-refractivity contribution is 6.23. The Balaban J connectivity index is 1.81. The van der Waals surface area contributed by atoms with E-state index in [0.717, 1.165) is 13.0 Å². The molecular weight excluding hydrogens is 446 g/mol. The van der Waals surface area contributed by atoms with Crippen LogP contribution in [0.15, 0.2) is 72.8 Å². The fourth-order valence-corrected chi connectivity index (χ4v) is 4.59. The first-order valence-corrected chi connectivity index (χ1v) is 12.6. The third kappa shape index (κ3) is 5.51. The van der Waals surface area contributed by atoms with Crippen molar-refractivity contribution in [3.8, 4) is 0 Å². The van der Waals surface area contributed by atoms with E-state index >= 15 is 0 Å². The van der Waals surface area contributed by atoms with Gasteiger partial charge in [0, 0.05) is 57.6 Å². The van der Waals surface area contributed by atoms with Gasteiger partial charge in [0.15, 0.2) is 6.21 Å². The molecule has 1 aliphatic heterocycles. The average molecular weight is 483 g/mol. The van der Waals surface area contributed by atoms with E-state index < -0.39 is 0 Å². The van der Waals surface area contributed by atoms with Gasteiger partial charge in [-0.05, 0) is 48.4 Å². The summed E-state index contributed by atoms with van der Waals surface area (Å²) < 4.78 is 7.39. The number of rotatable bonds is 9. The molecule has 0 spiro atoms. The first-order chi connectivity index (χ1) is 17.4. The predicted octanol–water partition coefficient (Wildman–Crippen LogP) is 5.85. The van der Waals surface area contributed by atoms with Crippen LogP contribution >= 0.6 is 0 Å². The summed E-state index contributed by atoms with van der Waals surface area (Å²) in [7, 11) is 8.24. The lowest BCUT2D eigenvalue weighted by Crippen LogP contribution is -2.10. The molecule has 5 heteroatoms. The molecule has 3 aromatic rings. The fraction of sp³-hybridized carbons (Fsp3) is 0.290. The molecule has 186 valence electrons. The lowest BCUT2D eigenvalue weighted by Gasteiger charge is -2.17. The zero-order chi connectivity index (χ0) is 25.7. The van der Waals surface area contributed by atoms with Crippen molar-refractivity contribution in [1.29, 1.82) is 0 Å². The van der Waals surface area contributed by atoms with Crippen LogP contribution in [-0.4, -0.2) is 58.1 Å². The third-order valence-electron chi connectivity index (χ3n) is 6.49. The molecule has 1 aliphatic rings. The zero-order valence-electron chi connectivity index (χ0n) is 22.0. The van der Waals surface area contributed by atoms with Gasteiger partial charge in [-0.3, -0.25) is 4.79 Å². The molecule has 0 fully saturated rings. The Morgan fingerprint density at radius 2 is 1.36 bits per heavy atom. The lowest BCUT2D eigenvalue weighted by atomic mass is 9.90. The number of carbonyl (C=O) groups is 1. The highest BCUT2D eigenvalue weighted by Crippen LogP contribution is 2.39. The summed E-state index contributed by atoms with van der Waals surface area (Å²) in [6.45, 7) is 3.02. The van der Waals surface area contributed by atoms with Crippen LogP contribution in [0.3, 0.4) is 0 Å². The molecule has 5 nitrogen and oxygen atoms in total. The first-order valence-electron chi connectivity index (χ1n) is 12.6.